The molecule has 0 bridgehead atoms. The third-order valence-corrected chi connectivity index (χ3v) is 11.9. The van der Waals surface area contributed by atoms with Crippen molar-refractivity contribution in [3.05, 3.63) is 114 Å². The number of carbonyl (C=O) groups is 1. The van der Waals surface area contributed by atoms with Crippen LogP contribution in [0.4, 0.5) is 16.7 Å². The molecule has 1 amide bonds. The summed E-state index contributed by atoms with van der Waals surface area (Å²) in [6.45, 7) is 13.4. The molecule has 3 N–H and O–H groups in total. The molecule has 0 radical (unpaired) electrons. The minimum absolute atomic E-state index is 0. The van der Waals surface area contributed by atoms with Gasteiger partial charge in [-0.1, -0.05) is 59.6 Å². The molecule has 0 saturated carbocycles. The van der Waals surface area contributed by atoms with Crippen LogP contribution in [0.2, 0.25) is 10.0 Å². The van der Waals surface area contributed by atoms with Gasteiger partial charge in [-0.05, 0) is 94.7 Å². The minimum atomic E-state index is -0.557. The molecular formula is C45H57Cl3N10O4. The number of nitrogens with zero attached hydrogens (tertiary/aromatic N) is 8. The summed E-state index contributed by atoms with van der Waals surface area (Å²) < 4.78 is 12.6. The van der Waals surface area contributed by atoms with Gasteiger partial charge in [0.05, 0.1) is 13.1 Å². The quantitative estimate of drug-likeness (QED) is 0.168. The highest BCUT2D eigenvalue weighted by Crippen LogP contribution is 2.30. The zero-order chi connectivity index (χ0) is 43.7. The van der Waals surface area contributed by atoms with E-state index in [-0.39, 0.29) is 35.6 Å². The van der Waals surface area contributed by atoms with Gasteiger partial charge in [-0.25, -0.2) is 14.8 Å². The number of hydrogen-bond donors (Lipinski definition) is 2. The molecule has 0 aliphatic carbocycles. The smallest absolute Gasteiger partial charge is 0.407 e. The van der Waals surface area contributed by atoms with Crippen LogP contribution in [0.3, 0.4) is 0 Å². The van der Waals surface area contributed by atoms with Gasteiger partial charge in [0.15, 0.2) is 0 Å². The number of aromatic nitrogens is 6. The van der Waals surface area contributed by atoms with Gasteiger partial charge in [0.1, 0.15) is 27.7 Å². The number of piperidine rings is 2. The highest BCUT2D eigenvalue weighted by atomic mass is 35.5. The van der Waals surface area contributed by atoms with Gasteiger partial charge in [-0.3, -0.25) is 9.59 Å². The van der Waals surface area contributed by atoms with E-state index in [0.717, 1.165) is 79.0 Å². The van der Waals surface area contributed by atoms with E-state index in [9.17, 15) is 14.4 Å². The molecule has 2 fully saturated rings. The summed E-state index contributed by atoms with van der Waals surface area (Å²) in [5.41, 5.74) is 11.9. The number of amides is 1. The first-order valence-electron chi connectivity index (χ1n) is 20.8. The molecule has 6 aromatic rings. The van der Waals surface area contributed by atoms with Crippen molar-refractivity contribution < 1.29 is 9.53 Å². The second-order valence-electron chi connectivity index (χ2n) is 17.3. The lowest BCUT2D eigenvalue weighted by Gasteiger charge is -2.34. The van der Waals surface area contributed by atoms with Crippen molar-refractivity contribution in [3.63, 3.8) is 0 Å². The Kier molecular flexibility index (Phi) is 14.4. The van der Waals surface area contributed by atoms with Crippen molar-refractivity contribution in [1.29, 1.82) is 0 Å². The number of imidazole rings is 2. The van der Waals surface area contributed by atoms with Crippen LogP contribution in [0.1, 0.15) is 68.7 Å². The van der Waals surface area contributed by atoms with E-state index in [2.05, 4.69) is 15.1 Å². The number of halogens is 3. The first-order valence-corrected chi connectivity index (χ1v) is 21.6. The number of pyridine rings is 2. The number of ether oxygens (including phenoxy) is 1. The van der Waals surface area contributed by atoms with E-state index in [1.807, 2.05) is 105 Å². The van der Waals surface area contributed by atoms with Crippen LogP contribution < -0.4 is 32.0 Å². The highest BCUT2D eigenvalue weighted by molar-refractivity contribution is 6.31. The maximum absolute atomic E-state index is 13.2. The van der Waals surface area contributed by atoms with Crippen LogP contribution in [0.25, 0.3) is 22.1 Å². The predicted molar refractivity (Wildman–Crippen MR) is 252 cm³/mol. The molecular weight excluding hydrogens is 851 g/mol. The van der Waals surface area contributed by atoms with Gasteiger partial charge >= 0.3 is 6.09 Å². The monoisotopic (exact) mass is 906 g/mol. The number of benzene rings is 2. The van der Waals surface area contributed by atoms with Crippen molar-refractivity contribution >= 4 is 75.7 Å². The number of hydrogen-bond acceptors (Lipinski definition) is 9. The minimum Gasteiger partial charge on any atom is -0.444 e. The first-order chi connectivity index (χ1) is 29.0. The molecule has 2 atom stereocenters. The Morgan fingerprint density at radius 3 is 1.68 bits per heavy atom. The zero-order valence-electron chi connectivity index (χ0n) is 36.5. The van der Waals surface area contributed by atoms with Gasteiger partial charge in [0.25, 0.3) is 11.1 Å². The number of rotatable bonds is 7. The zero-order valence-corrected chi connectivity index (χ0v) is 38.8. The number of fused-ring (bicyclic) bond motifs is 2. The topological polar surface area (TPSA) is 150 Å². The number of nitrogens with two attached hydrogens (primary N) is 1. The fourth-order valence-electron chi connectivity index (χ4n) is 8.34. The van der Waals surface area contributed by atoms with Gasteiger partial charge < -0.3 is 43.9 Å². The number of alkyl carbamates (subject to hydrolysis) is 1. The molecule has 4 aromatic heterocycles. The fraction of sp³-hybridized carbons (Fsp3) is 0.444. The lowest BCUT2D eigenvalue weighted by molar-refractivity contribution is 0.0499. The summed E-state index contributed by atoms with van der Waals surface area (Å²) in [5.74, 6) is 1.50. The third-order valence-electron chi connectivity index (χ3n) is 11.2. The number of aryl methyl sites for hydroxylation is 4. The largest absolute Gasteiger partial charge is 0.444 e. The molecule has 8 rings (SSSR count). The molecule has 14 nitrogen and oxygen atoms in total. The molecule has 2 aliphatic heterocycles. The molecule has 2 saturated heterocycles. The van der Waals surface area contributed by atoms with Gasteiger partial charge in [-0.2, -0.15) is 0 Å². The van der Waals surface area contributed by atoms with E-state index in [0.29, 0.717) is 52.2 Å². The number of carbonyl (C=O) groups excluding carboxylic acids is 1. The summed E-state index contributed by atoms with van der Waals surface area (Å²) in [5, 5.41) is 4.32. The van der Waals surface area contributed by atoms with Gasteiger partial charge in [0.2, 0.25) is 11.9 Å². The molecule has 0 unspecified atom stereocenters. The fourth-order valence-corrected chi connectivity index (χ4v) is 8.73. The Hall–Kier alpha value is -5.02. The summed E-state index contributed by atoms with van der Waals surface area (Å²) in [6.07, 6.45) is 6.99. The maximum atomic E-state index is 13.2. The summed E-state index contributed by atoms with van der Waals surface area (Å²) in [6, 6.07) is 15.4. The van der Waals surface area contributed by atoms with Crippen molar-refractivity contribution in [2.24, 2.45) is 19.8 Å². The van der Waals surface area contributed by atoms with Crippen LogP contribution in [0.5, 0.6) is 0 Å². The average molecular weight is 908 g/mol. The van der Waals surface area contributed by atoms with Crippen LogP contribution in [0, 0.1) is 13.8 Å². The Bertz CT molecular complexity index is 2700. The Morgan fingerprint density at radius 1 is 0.774 bits per heavy atom. The Labute approximate surface area is 378 Å². The highest BCUT2D eigenvalue weighted by Gasteiger charge is 2.29. The van der Waals surface area contributed by atoms with Crippen molar-refractivity contribution in [3.8, 4) is 0 Å². The van der Waals surface area contributed by atoms with Crippen LogP contribution >= 0.6 is 35.6 Å². The van der Waals surface area contributed by atoms with Gasteiger partial charge in [0, 0.05) is 74.8 Å². The van der Waals surface area contributed by atoms with Crippen LogP contribution in [0.15, 0.2) is 70.5 Å². The summed E-state index contributed by atoms with van der Waals surface area (Å²) in [7, 11) is 3.53. The number of nitrogens with one attached hydrogen (secondary N) is 1. The molecule has 2 aliphatic rings. The normalized spacial score (nSPS) is 16.8. The van der Waals surface area contributed by atoms with Crippen molar-refractivity contribution in [2.45, 2.75) is 91.1 Å². The Morgan fingerprint density at radius 2 is 1.23 bits per heavy atom. The maximum Gasteiger partial charge on any atom is 0.407 e. The Balaban J connectivity index is 0.000000209. The van der Waals surface area contributed by atoms with Crippen molar-refractivity contribution in [1.82, 2.24) is 33.6 Å². The van der Waals surface area contributed by atoms with E-state index >= 15 is 0 Å². The lowest BCUT2D eigenvalue weighted by atomic mass is 10.1. The van der Waals surface area contributed by atoms with E-state index < -0.39 is 11.7 Å². The SMILES string of the molecule is Cc1cn(C)c(=O)c2c1nc(N1CCC[C@@H](N)C1)n2Cc1ccccc1Cl.Cc1cn(C)c(=O)c2c1nc(N1CCC[C@@H](NC(=O)OC(C)(C)C)C1)n2Cc1ccccc1Cl.Cl. The number of anilines is 2. The van der Waals surface area contributed by atoms with E-state index in [1.165, 1.54) is 0 Å². The predicted octanol–water partition coefficient (Wildman–Crippen LogP) is 7.33. The summed E-state index contributed by atoms with van der Waals surface area (Å²) >= 11 is 12.9. The van der Waals surface area contributed by atoms with Crippen LogP contribution in [-0.2, 0) is 31.9 Å². The molecule has 62 heavy (non-hydrogen) atoms. The molecule has 6 heterocycles. The van der Waals surface area contributed by atoms with Gasteiger partial charge in [-0.15, -0.1) is 12.4 Å². The average Bonchev–Trinajstić information content (AvgIpc) is 3.78. The van der Waals surface area contributed by atoms with Crippen molar-refractivity contribution in [2.75, 3.05) is 36.0 Å². The summed E-state index contributed by atoms with van der Waals surface area (Å²) in [4.78, 5) is 52.6. The molecule has 17 heteroatoms. The van der Waals surface area contributed by atoms with Crippen LogP contribution in [-0.4, -0.2) is 78.2 Å². The molecule has 332 valence electrons. The second kappa shape index (κ2) is 19.2. The van der Waals surface area contributed by atoms with E-state index in [1.54, 1.807) is 23.2 Å². The standard InChI is InChI=1S/C25H32ClN5O3.C20H24ClN5O.ClH/c1-16-13-29(5)22(32)21-20(16)28-23(31(21)14-17-9-6-7-11-19(17)26)30-12-8-10-18(15-30)27-24(33)34-25(2,3)4;1-13-10-24(2)19(27)18-17(13)23-20(25-9-5-7-15(22)12-25)26(18)11-14-6-3-4-8-16(14)21;/h6-7,9,11,13,18H,8,10,12,14-15H2,1-5H3,(H,27,33);3-4,6,8,10,15H,5,7,9,11-12,22H2,1-2H3;1H/t18-;15-;/m11./s1. The first kappa shape index (κ1) is 46.5. The molecule has 2 aromatic carbocycles. The lowest BCUT2D eigenvalue weighted by Crippen LogP contribution is -2.49. The third kappa shape index (κ3) is 10.1. The second-order valence-corrected chi connectivity index (χ2v) is 18.1. The molecule has 0 spiro atoms. The van der Waals surface area contributed by atoms with E-state index in [4.69, 9.17) is 43.6 Å².